The van der Waals surface area contributed by atoms with Crippen LogP contribution in [0.25, 0.3) is 0 Å². The summed E-state index contributed by atoms with van der Waals surface area (Å²) in [6.45, 7) is 5.67. The number of carbonyl (C=O) groups is 2. The molecule has 2 saturated heterocycles. The molecular formula is C22H36IN7O3. The van der Waals surface area contributed by atoms with E-state index >= 15 is 0 Å². The number of anilines is 1. The van der Waals surface area contributed by atoms with Crippen LogP contribution in [0.3, 0.4) is 0 Å². The number of rotatable bonds is 6. The minimum Gasteiger partial charge on any atom is -0.450 e. The molecule has 0 bridgehead atoms. The average molecular weight is 573 g/mol. The Morgan fingerprint density at radius 2 is 1.91 bits per heavy atom. The Morgan fingerprint density at radius 1 is 1.21 bits per heavy atom. The van der Waals surface area contributed by atoms with Gasteiger partial charge < -0.3 is 30.9 Å². The lowest BCUT2D eigenvalue weighted by molar-refractivity contribution is -0.122. The number of aromatic nitrogens is 1. The summed E-state index contributed by atoms with van der Waals surface area (Å²) >= 11 is 0. The largest absolute Gasteiger partial charge is 0.450 e. The molecule has 33 heavy (non-hydrogen) atoms. The number of nitrogens with zero attached hydrogens (tertiary/aromatic N) is 4. The van der Waals surface area contributed by atoms with Gasteiger partial charge in [0.15, 0.2) is 5.96 Å². The Balaban J connectivity index is 0.00000385. The van der Waals surface area contributed by atoms with Crippen molar-refractivity contribution < 1.29 is 14.3 Å². The summed E-state index contributed by atoms with van der Waals surface area (Å²) < 4.78 is 5.08. The Kier molecular flexibility index (Phi) is 10.9. The van der Waals surface area contributed by atoms with Crippen LogP contribution in [0.15, 0.2) is 23.3 Å². The van der Waals surface area contributed by atoms with Gasteiger partial charge in [0.05, 0.1) is 6.61 Å². The van der Waals surface area contributed by atoms with Crippen molar-refractivity contribution in [3.63, 3.8) is 0 Å². The molecule has 2 aliphatic rings. The van der Waals surface area contributed by atoms with Gasteiger partial charge in [-0.2, -0.15) is 0 Å². The van der Waals surface area contributed by atoms with Gasteiger partial charge in [-0.1, -0.05) is 6.07 Å². The smallest absolute Gasteiger partial charge is 0.409 e. The number of aliphatic imine (C=N–C) groups is 1. The molecule has 2 amide bonds. The summed E-state index contributed by atoms with van der Waals surface area (Å²) in [6, 6.07) is 4.23. The Labute approximate surface area is 212 Å². The molecule has 3 rings (SSSR count). The fraction of sp³-hybridized carbons (Fsp3) is 0.636. The zero-order valence-electron chi connectivity index (χ0n) is 19.5. The van der Waals surface area contributed by atoms with Crippen molar-refractivity contribution in [3.8, 4) is 0 Å². The third kappa shape index (κ3) is 7.61. The number of piperidine rings is 2. The number of nitrogens with one attached hydrogen (secondary N) is 2. The highest BCUT2D eigenvalue weighted by Crippen LogP contribution is 2.24. The maximum atomic E-state index is 11.9. The number of pyridine rings is 1. The molecule has 0 aliphatic carbocycles. The quantitative estimate of drug-likeness (QED) is 0.269. The number of ether oxygens (including phenoxy) is 1. The van der Waals surface area contributed by atoms with Gasteiger partial charge in [0.2, 0.25) is 5.91 Å². The number of amides is 2. The van der Waals surface area contributed by atoms with Crippen molar-refractivity contribution in [1.29, 1.82) is 0 Å². The number of primary amides is 1. The SMILES string of the molecule is CCOC(=O)N1CCC(NC(=NC)NCc2cccnc2N2CCC(C(N)=O)CC2)CC1.I. The second-order valence-electron chi connectivity index (χ2n) is 8.18. The van der Waals surface area contributed by atoms with E-state index in [1.807, 2.05) is 13.0 Å². The lowest BCUT2D eigenvalue weighted by Gasteiger charge is -2.33. The van der Waals surface area contributed by atoms with Crippen molar-refractivity contribution in [2.45, 2.75) is 45.2 Å². The average Bonchev–Trinajstić information content (AvgIpc) is 2.82. The molecular weight excluding hydrogens is 537 g/mol. The molecule has 10 nitrogen and oxygen atoms in total. The number of hydrogen-bond donors (Lipinski definition) is 3. The third-order valence-corrected chi connectivity index (χ3v) is 6.10. The molecule has 0 aromatic carbocycles. The van der Waals surface area contributed by atoms with Gasteiger partial charge in [0.25, 0.3) is 0 Å². The monoisotopic (exact) mass is 573 g/mol. The molecule has 4 N–H and O–H groups in total. The molecule has 1 aromatic heterocycles. The van der Waals surface area contributed by atoms with Gasteiger partial charge in [-0.15, -0.1) is 24.0 Å². The molecule has 0 radical (unpaired) electrons. The predicted molar refractivity (Wildman–Crippen MR) is 139 cm³/mol. The Bertz CT molecular complexity index is 807. The highest BCUT2D eigenvalue weighted by molar-refractivity contribution is 14.0. The summed E-state index contributed by atoms with van der Waals surface area (Å²) in [5.41, 5.74) is 6.54. The van der Waals surface area contributed by atoms with Crippen LogP contribution in [-0.2, 0) is 16.1 Å². The van der Waals surface area contributed by atoms with Gasteiger partial charge in [-0.3, -0.25) is 9.79 Å². The maximum Gasteiger partial charge on any atom is 0.409 e. The van der Waals surface area contributed by atoms with Crippen molar-refractivity contribution in [3.05, 3.63) is 23.9 Å². The lowest BCUT2D eigenvalue weighted by atomic mass is 9.96. The van der Waals surface area contributed by atoms with Gasteiger partial charge in [-0.05, 0) is 38.7 Å². The van der Waals surface area contributed by atoms with Crippen LogP contribution in [0.5, 0.6) is 0 Å². The van der Waals surface area contributed by atoms with E-state index in [0.29, 0.717) is 26.2 Å². The Morgan fingerprint density at radius 3 is 2.52 bits per heavy atom. The molecule has 1 aromatic rings. The topological polar surface area (TPSA) is 125 Å². The van der Waals surface area contributed by atoms with Gasteiger partial charge in [0.1, 0.15) is 5.82 Å². The van der Waals surface area contributed by atoms with Crippen LogP contribution in [0, 0.1) is 5.92 Å². The number of halogens is 1. The number of nitrogens with two attached hydrogens (primary N) is 1. The zero-order chi connectivity index (χ0) is 22.9. The minimum absolute atomic E-state index is 0. The van der Waals surface area contributed by atoms with Crippen molar-refractivity contribution in [1.82, 2.24) is 20.5 Å². The first-order chi connectivity index (χ1) is 15.5. The summed E-state index contributed by atoms with van der Waals surface area (Å²) in [5.74, 6) is 1.40. The van der Waals surface area contributed by atoms with Crippen LogP contribution < -0.4 is 21.3 Å². The van der Waals surface area contributed by atoms with Crippen LogP contribution >= 0.6 is 24.0 Å². The van der Waals surface area contributed by atoms with Crippen LogP contribution in [-0.4, -0.2) is 73.7 Å². The highest BCUT2D eigenvalue weighted by Gasteiger charge is 2.26. The van der Waals surface area contributed by atoms with E-state index in [4.69, 9.17) is 10.5 Å². The van der Waals surface area contributed by atoms with E-state index < -0.39 is 0 Å². The van der Waals surface area contributed by atoms with Gasteiger partial charge in [-0.25, -0.2) is 9.78 Å². The number of hydrogen-bond acceptors (Lipinski definition) is 6. The maximum absolute atomic E-state index is 11.9. The summed E-state index contributed by atoms with van der Waals surface area (Å²) in [5, 5.41) is 6.85. The normalized spacial score (nSPS) is 17.8. The molecule has 0 atom stereocenters. The predicted octanol–water partition coefficient (Wildman–Crippen LogP) is 1.69. The third-order valence-electron chi connectivity index (χ3n) is 6.10. The van der Waals surface area contributed by atoms with E-state index in [2.05, 4.69) is 31.6 Å². The summed E-state index contributed by atoms with van der Waals surface area (Å²) in [4.78, 5) is 36.2. The van der Waals surface area contributed by atoms with Gasteiger partial charge >= 0.3 is 6.09 Å². The van der Waals surface area contributed by atoms with E-state index in [0.717, 1.165) is 56.1 Å². The Hall–Kier alpha value is -2.31. The van der Waals surface area contributed by atoms with Crippen molar-refractivity contribution >= 4 is 47.8 Å². The minimum atomic E-state index is -0.238. The summed E-state index contributed by atoms with van der Waals surface area (Å²) in [7, 11) is 1.75. The first-order valence-corrected chi connectivity index (χ1v) is 11.4. The fourth-order valence-electron chi connectivity index (χ4n) is 4.22. The zero-order valence-corrected chi connectivity index (χ0v) is 21.8. The van der Waals surface area contributed by atoms with E-state index in [1.54, 1.807) is 18.1 Å². The molecule has 3 heterocycles. The number of carbonyl (C=O) groups excluding carboxylic acids is 2. The first-order valence-electron chi connectivity index (χ1n) is 11.4. The van der Waals surface area contributed by atoms with Crippen molar-refractivity contribution in [2.24, 2.45) is 16.6 Å². The highest BCUT2D eigenvalue weighted by atomic mass is 127. The van der Waals surface area contributed by atoms with E-state index in [-0.39, 0.29) is 47.9 Å². The molecule has 0 saturated carbocycles. The molecule has 0 spiro atoms. The first kappa shape index (κ1) is 26.9. The summed E-state index contributed by atoms with van der Waals surface area (Å²) in [6.07, 6.45) is 4.75. The lowest BCUT2D eigenvalue weighted by Crippen LogP contribution is -2.49. The standard InChI is InChI=1S/C22H35N7O3.HI/c1-3-32-22(31)29-13-8-18(9-14-29)27-21(24-2)26-15-17-5-4-10-25-20(17)28-11-6-16(7-12-28)19(23)30;/h4-5,10,16,18H,3,6-9,11-15H2,1-2H3,(H2,23,30)(H2,24,26,27);1H. The number of likely N-dealkylation sites (tertiary alicyclic amines) is 1. The number of guanidine groups is 1. The van der Waals surface area contributed by atoms with E-state index in [1.165, 1.54) is 0 Å². The molecule has 2 aliphatic heterocycles. The van der Waals surface area contributed by atoms with E-state index in [9.17, 15) is 9.59 Å². The second kappa shape index (κ2) is 13.4. The second-order valence-corrected chi connectivity index (χ2v) is 8.18. The molecule has 0 unspecified atom stereocenters. The molecule has 184 valence electrons. The van der Waals surface area contributed by atoms with Crippen LogP contribution in [0.2, 0.25) is 0 Å². The van der Waals surface area contributed by atoms with Crippen LogP contribution in [0.1, 0.15) is 38.2 Å². The van der Waals surface area contributed by atoms with Crippen molar-refractivity contribution in [2.75, 3.05) is 44.7 Å². The van der Waals surface area contributed by atoms with Crippen LogP contribution in [0.4, 0.5) is 10.6 Å². The molecule has 11 heteroatoms. The fourth-order valence-corrected chi connectivity index (χ4v) is 4.22. The molecule has 2 fully saturated rings. The van der Waals surface area contributed by atoms with Gasteiger partial charge in [0, 0.05) is 63.5 Å².